The van der Waals surface area contributed by atoms with E-state index in [1.54, 1.807) is 26.6 Å². The fraction of sp³-hybridized carbons (Fsp3) is 0.611. The van der Waals surface area contributed by atoms with E-state index >= 15 is 0 Å². The standard InChI is InChI=1S/C14H19BN2O3.C12H24B2O4.C8H7BrN2O.2CH4/c1-13(2)14(3,4)20-15(19-13)11-7-10(18-5)6-9-8-16-17-12(9)11;1-9(2)10(3,4)16-13(15-9)14-17-11(5,6)12(7,8)18-14;1-12-6-2-5-4-10-11-8(5)7(9)3-6;;/h6-8H,1-5H3,(H,16,17);1-8H3;2-4H,1H3,(H,10,11);2*1H4. The Morgan fingerprint density at radius 3 is 1.29 bits per heavy atom. The van der Waals surface area contributed by atoms with E-state index < -0.39 is 21.1 Å². The number of H-pyrrole nitrogens is 2. The van der Waals surface area contributed by atoms with Gasteiger partial charge in [-0.05, 0) is 123 Å². The molecule has 12 nitrogen and oxygen atoms in total. The summed E-state index contributed by atoms with van der Waals surface area (Å²) in [5.74, 6) is 1.60. The van der Waals surface area contributed by atoms with Crippen LogP contribution < -0.4 is 14.9 Å². The second kappa shape index (κ2) is 15.3. The zero-order valence-electron chi connectivity index (χ0n) is 31.7. The highest BCUT2D eigenvalue weighted by atomic mass is 79.9. The third kappa shape index (κ3) is 8.38. The minimum atomic E-state index is -0.476. The van der Waals surface area contributed by atoms with Crippen molar-refractivity contribution in [2.45, 2.75) is 132 Å². The number of halogens is 1. The average molecular weight is 787 g/mol. The Balaban J connectivity index is 0.000000212. The minimum absolute atomic E-state index is 0. The molecule has 0 radical (unpaired) electrons. The van der Waals surface area contributed by atoms with E-state index in [1.807, 2.05) is 107 Å². The van der Waals surface area contributed by atoms with Gasteiger partial charge in [0.25, 0.3) is 0 Å². The Morgan fingerprint density at radius 2 is 0.885 bits per heavy atom. The molecular weight excluding hydrogens is 729 g/mol. The Hall–Kier alpha value is -2.59. The van der Waals surface area contributed by atoms with Crippen LogP contribution in [0, 0.1) is 0 Å². The van der Waals surface area contributed by atoms with Crippen molar-refractivity contribution in [3.8, 4) is 11.5 Å². The molecule has 0 amide bonds. The van der Waals surface area contributed by atoms with E-state index in [9.17, 15) is 0 Å². The van der Waals surface area contributed by atoms with Gasteiger partial charge in [-0.1, -0.05) is 14.9 Å². The molecule has 286 valence electrons. The summed E-state index contributed by atoms with van der Waals surface area (Å²) in [6, 6.07) is 7.71. The number of ether oxygens (including phenoxy) is 2. The molecule has 0 saturated carbocycles. The van der Waals surface area contributed by atoms with Crippen molar-refractivity contribution in [3.05, 3.63) is 41.1 Å². The first-order chi connectivity index (χ1) is 23.0. The van der Waals surface area contributed by atoms with Crippen molar-refractivity contribution < 1.29 is 37.4 Å². The summed E-state index contributed by atoms with van der Waals surface area (Å²) in [7, 11) is 1.91. The molecule has 0 aliphatic carbocycles. The van der Waals surface area contributed by atoms with Crippen LogP contribution in [-0.2, 0) is 27.9 Å². The van der Waals surface area contributed by atoms with Gasteiger partial charge in [0.2, 0.25) is 0 Å². The summed E-state index contributed by atoms with van der Waals surface area (Å²) in [6.07, 6.45) is 3.54. The van der Waals surface area contributed by atoms with Gasteiger partial charge in [-0.3, -0.25) is 10.2 Å². The van der Waals surface area contributed by atoms with Gasteiger partial charge in [0.15, 0.2) is 0 Å². The van der Waals surface area contributed by atoms with Crippen LogP contribution in [0.5, 0.6) is 11.5 Å². The fourth-order valence-corrected chi connectivity index (χ4v) is 5.98. The molecule has 0 unspecified atom stereocenters. The molecule has 2 aromatic carbocycles. The van der Waals surface area contributed by atoms with Crippen LogP contribution in [-0.4, -0.2) is 89.4 Å². The van der Waals surface area contributed by atoms with Crippen molar-refractivity contribution in [2.75, 3.05) is 14.2 Å². The lowest BCUT2D eigenvalue weighted by atomic mass is 9.49. The first-order valence-electron chi connectivity index (χ1n) is 16.8. The highest BCUT2D eigenvalue weighted by Gasteiger charge is 2.63. The van der Waals surface area contributed by atoms with Crippen molar-refractivity contribution in [1.29, 1.82) is 0 Å². The van der Waals surface area contributed by atoms with Crippen molar-refractivity contribution in [1.82, 2.24) is 20.4 Å². The highest BCUT2D eigenvalue weighted by molar-refractivity contribution is 9.10. The Morgan fingerprint density at radius 1 is 0.538 bits per heavy atom. The third-order valence-corrected chi connectivity index (χ3v) is 11.4. The monoisotopic (exact) mass is 786 g/mol. The molecule has 3 aliphatic rings. The first kappa shape index (κ1) is 43.8. The maximum Gasteiger partial charge on any atom is 0.497 e. The number of rotatable bonds is 4. The summed E-state index contributed by atoms with van der Waals surface area (Å²) in [4.78, 5) is 0. The zero-order chi connectivity index (χ0) is 37.1. The second-order valence-corrected chi connectivity index (χ2v) is 16.7. The summed E-state index contributed by atoms with van der Waals surface area (Å²) in [6.45, 7) is 24.4. The van der Waals surface area contributed by atoms with Gasteiger partial charge < -0.3 is 37.4 Å². The lowest BCUT2D eigenvalue weighted by Gasteiger charge is -2.32. The van der Waals surface area contributed by atoms with Gasteiger partial charge in [-0.2, -0.15) is 10.2 Å². The molecule has 2 N–H and O–H groups in total. The second-order valence-electron chi connectivity index (χ2n) is 15.8. The zero-order valence-corrected chi connectivity index (χ0v) is 33.3. The fourth-order valence-electron chi connectivity index (χ4n) is 5.44. The number of aromatic amines is 2. The number of aromatic nitrogens is 4. The van der Waals surface area contributed by atoms with Gasteiger partial charge in [0, 0.05) is 20.7 Å². The number of fused-ring (bicyclic) bond motifs is 2. The van der Waals surface area contributed by atoms with E-state index in [0.717, 1.165) is 43.2 Å². The molecule has 2 aromatic heterocycles. The van der Waals surface area contributed by atoms with Crippen molar-refractivity contribution in [2.24, 2.45) is 0 Å². The SMILES string of the molecule is C.C.CC1(C)OB(B2OC(C)(C)C(C)(C)O2)OC1(C)C.COc1cc(B2OC(C)(C)C(C)(C)O2)c2[nH]ncc2c1.COc1cc(Br)c2[nH]ncc2c1. The molecule has 52 heavy (non-hydrogen) atoms. The Kier molecular flexibility index (Phi) is 12.9. The quantitative estimate of drug-likeness (QED) is 0.198. The predicted octanol–water partition coefficient (Wildman–Crippen LogP) is 7.73. The molecular formula is C36H58B3BrN4O8. The molecule has 0 bridgehead atoms. The van der Waals surface area contributed by atoms with Crippen LogP contribution in [0.3, 0.4) is 0 Å². The molecule has 4 aromatic rings. The van der Waals surface area contributed by atoms with Crippen molar-refractivity contribution in [3.63, 3.8) is 0 Å². The van der Waals surface area contributed by atoms with Crippen LogP contribution in [0.4, 0.5) is 0 Å². The number of nitrogens with zero attached hydrogens (tertiary/aromatic N) is 2. The summed E-state index contributed by atoms with van der Waals surface area (Å²) in [5, 5.41) is 15.9. The minimum Gasteiger partial charge on any atom is -0.497 e. The van der Waals surface area contributed by atoms with Gasteiger partial charge >= 0.3 is 21.1 Å². The van der Waals surface area contributed by atoms with Crippen molar-refractivity contribution >= 4 is 64.3 Å². The summed E-state index contributed by atoms with van der Waals surface area (Å²) < 4.78 is 47.5. The molecule has 7 rings (SSSR count). The number of methoxy groups -OCH3 is 2. The summed E-state index contributed by atoms with van der Waals surface area (Å²) >= 11 is 3.42. The van der Waals surface area contributed by atoms with Gasteiger partial charge in [0.1, 0.15) is 11.5 Å². The lowest BCUT2D eigenvalue weighted by Crippen LogP contribution is -2.41. The smallest absolute Gasteiger partial charge is 0.497 e. The average Bonchev–Trinajstić information content (AvgIpc) is 3.79. The molecule has 3 fully saturated rings. The van der Waals surface area contributed by atoms with Crippen LogP contribution in [0.1, 0.15) is 97.9 Å². The predicted molar refractivity (Wildman–Crippen MR) is 214 cm³/mol. The number of benzene rings is 2. The number of nitrogens with one attached hydrogen (secondary N) is 2. The maximum atomic E-state index is 6.10. The molecule has 0 atom stereocenters. The highest BCUT2D eigenvalue weighted by Crippen LogP contribution is 2.43. The van der Waals surface area contributed by atoms with E-state index in [0.29, 0.717) is 0 Å². The largest absolute Gasteiger partial charge is 0.497 e. The van der Waals surface area contributed by atoms with E-state index in [4.69, 9.17) is 37.4 Å². The van der Waals surface area contributed by atoms with Crippen LogP contribution >= 0.6 is 15.9 Å². The molecule has 3 saturated heterocycles. The third-order valence-electron chi connectivity index (χ3n) is 10.8. The van der Waals surface area contributed by atoms with Gasteiger partial charge in [-0.15, -0.1) is 0 Å². The number of hydrogen-bond acceptors (Lipinski definition) is 10. The lowest BCUT2D eigenvalue weighted by molar-refractivity contribution is 0.00578. The molecule has 16 heteroatoms. The van der Waals surface area contributed by atoms with Gasteiger partial charge in [-0.25, -0.2) is 0 Å². The summed E-state index contributed by atoms with van der Waals surface area (Å²) in [5.41, 5.74) is 0.654. The normalized spacial score (nSPS) is 21.4. The Labute approximate surface area is 319 Å². The number of hydrogen-bond donors (Lipinski definition) is 2. The van der Waals surface area contributed by atoms with Crippen LogP contribution in [0.2, 0.25) is 0 Å². The van der Waals surface area contributed by atoms with Crippen LogP contribution in [0.25, 0.3) is 21.8 Å². The van der Waals surface area contributed by atoms with E-state index in [-0.39, 0.29) is 48.5 Å². The van der Waals surface area contributed by atoms with E-state index in [2.05, 4.69) is 36.3 Å². The van der Waals surface area contributed by atoms with Gasteiger partial charge in [0.05, 0.1) is 71.3 Å². The molecule has 5 heterocycles. The van der Waals surface area contributed by atoms with Crippen LogP contribution in [0.15, 0.2) is 41.1 Å². The maximum absolute atomic E-state index is 6.10. The van der Waals surface area contributed by atoms with E-state index in [1.165, 1.54) is 0 Å². The topological polar surface area (TPSA) is 131 Å². The molecule has 3 aliphatic heterocycles. The Bertz CT molecular complexity index is 1750. The first-order valence-corrected chi connectivity index (χ1v) is 17.6. The molecule has 0 spiro atoms.